The molecule has 1 aromatic heterocycles. The zero-order chi connectivity index (χ0) is 14.4. The molecule has 0 radical (unpaired) electrons. The van der Waals surface area contributed by atoms with Crippen LogP contribution in [0.4, 0.5) is 11.4 Å². The van der Waals surface area contributed by atoms with Crippen molar-refractivity contribution in [2.45, 2.75) is 6.54 Å². The number of aromatic nitrogens is 2. The van der Waals surface area contributed by atoms with Gasteiger partial charge in [0, 0.05) is 25.7 Å². The van der Waals surface area contributed by atoms with E-state index in [0.29, 0.717) is 5.69 Å². The summed E-state index contributed by atoms with van der Waals surface area (Å²) in [6.45, 7) is 3.44. The molecule has 0 aliphatic rings. The summed E-state index contributed by atoms with van der Waals surface area (Å²) >= 11 is 0. The number of rotatable bonds is 7. The van der Waals surface area contributed by atoms with Gasteiger partial charge < -0.3 is 21.5 Å². The summed E-state index contributed by atoms with van der Waals surface area (Å²) in [5, 5.41) is 15.9. The maximum absolute atomic E-state index is 9.39. The molecule has 5 N–H and O–H groups in total. The second-order valence-electron chi connectivity index (χ2n) is 4.77. The van der Waals surface area contributed by atoms with Gasteiger partial charge in [-0.2, -0.15) is 0 Å². The minimum Gasteiger partial charge on any atom is -0.508 e. The van der Waals surface area contributed by atoms with Crippen LogP contribution >= 0.6 is 0 Å². The second-order valence-corrected chi connectivity index (χ2v) is 4.77. The zero-order valence-electron chi connectivity index (χ0n) is 11.7. The van der Waals surface area contributed by atoms with Crippen LogP contribution in [0, 0.1) is 0 Å². The number of aromatic hydroxyl groups is 1. The summed E-state index contributed by atoms with van der Waals surface area (Å²) in [4.78, 5) is 0. The van der Waals surface area contributed by atoms with E-state index >= 15 is 0 Å². The fourth-order valence-electron chi connectivity index (χ4n) is 1.95. The first-order chi connectivity index (χ1) is 9.65. The number of anilines is 2. The summed E-state index contributed by atoms with van der Waals surface area (Å²) in [5.74, 6) is 0.218. The van der Waals surface area contributed by atoms with Crippen molar-refractivity contribution in [3.8, 4) is 5.75 Å². The highest BCUT2D eigenvalue weighted by atomic mass is 16.3. The molecule has 1 heterocycles. The molecule has 0 saturated heterocycles. The average Bonchev–Trinajstić information content (AvgIpc) is 2.83. The minimum atomic E-state index is 0.218. The van der Waals surface area contributed by atoms with E-state index in [2.05, 4.69) is 15.2 Å². The number of aryl methyl sites for hydroxylation is 1. The first kappa shape index (κ1) is 14.2. The SMILES string of the molecule is C[n+]1ccn(CCNCCNc2cc(O)ccc2N)c1. The predicted molar refractivity (Wildman–Crippen MR) is 79.5 cm³/mol. The third-order valence-corrected chi connectivity index (χ3v) is 3.02. The first-order valence-electron chi connectivity index (χ1n) is 6.69. The average molecular weight is 276 g/mol. The fraction of sp³-hybridized carbons (Fsp3) is 0.357. The first-order valence-corrected chi connectivity index (χ1v) is 6.69. The number of nitrogens with two attached hydrogens (primary N) is 1. The highest BCUT2D eigenvalue weighted by Gasteiger charge is 2.00. The van der Waals surface area contributed by atoms with Crippen molar-refractivity contribution in [3.05, 3.63) is 36.9 Å². The Kier molecular flexibility index (Phi) is 4.84. The molecule has 108 valence electrons. The summed E-state index contributed by atoms with van der Waals surface area (Å²) in [6.07, 6.45) is 6.12. The van der Waals surface area contributed by atoms with Crippen LogP contribution < -0.4 is 20.9 Å². The molecule has 20 heavy (non-hydrogen) atoms. The highest BCUT2D eigenvalue weighted by molar-refractivity contribution is 5.67. The summed E-state index contributed by atoms with van der Waals surface area (Å²) < 4.78 is 4.15. The lowest BCUT2D eigenvalue weighted by Crippen LogP contribution is -2.27. The van der Waals surface area contributed by atoms with E-state index in [-0.39, 0.29) is 5.75 Å². The van der Waals surface area contributed by atoms with Crippen molar-refractivity contribution < 1.29 is 9.67 Å². The Hall–Kier alpha value is -2.21. The predicted octanol–water partition coefficient (Wildman–Crippen LogP) is 0.302. The van der Waals surface area contributed by atoms with Gasteiger partial charge in [-0.3, -0.25) is 0 Å². The molecule has 0 atom stereocenters. The number of phenols is 1. The van der Waals surface area contributed by atoms with Gasteiger partial charge in [-0.05, 0) is 12.1 Å². The molecule has 1 aromatic carbocycles. The Morgan fingerprint density at radius 3 is 2.90 bits per heavy atom. The molecule has 0 amide bonds. The largest absolute Gasteiger partial charge is 0.508 e. The number of imidazole rings is 1. The number of nitrogens with zero attached hydrogens (tertiary/aromatic N) is 2. The van der Waals surface area contributed by atoms with Gasteiger partial charge in [0.05, 0.1) is 18.4 Å². The zero-order valence-corrected chi connectivity index (χ0v) is 11.7. The normalized spacial score (nSPS) is 10.7. The van der Waals surface area contributed by atoms with Crippen LogP contribution in [0.15, 0.2) is 36.9 Å². The van der Waals surface area contributed by atoms with E-state index < -0.39 is 0 Å². The molecule has 6 nitrogen and oxygen atoms in total. The van der Waals surface area contributed by atoms with Gasteiger partial charge in [-0.1, -0.05) is 0 Å². The Labute approximate surface area is 118 Å². The summed E-state index contributed by atoms with van der Waals surface area (Å²) in [6, 6.07) is 4.90. The Morgan fingerprint density at radius 2 is 2.15 bits per heavy atom. The smallest absolute Gasteiger partial charge is 0.243 e. The molecule has 0 bridgehead atoms. The lowest BCUT2D eigenvalue weighted by Gasteiger charge is -2.10. The van der Waals surface area contributed by atoms with Gasteiger partial charge in [0.25, 0.3) is 0 Å². The van der Waals surface area contributed by atoms with E-state index in [4.69, 9.17) is 5.73 Å². The van der Waals surface area contributed by atoms with Crippen molar-refractivity contribution in [2.24, 2.45) is 7.05 Å². The van der Waals surface area contributed by atoms with Crippen molar-refractivity contribution in [2.75, 3.05) is 30.7 Å². The molecule has 0 aliphatic carbocycles. The highest BCUT2D eigenvalue weighted by Crippen LogP contribution is 2.22. The van der Waals surface area contributed by atoms with E-state index in [1.165, 1.54) is 0 Å². The van der Waals surface area contributed by atoms with Gasteiger partial charge >= 0.3 is 0 Å². The maximum atomic E-state index is 9.39. The van der Waals surface area contributed by atoms with Crippen LogP contribution in [0.1, 0.15) is 0 Å². The number of benzene rings is 1. The Bertz CT molecular complexity index is 552. The van der Waals surface area contributed by atoms with Gasteiger partial charge in [-0.15, -0.1) is 0 Å². The van der Waals surface area contributed by atoms with Crippen molar-refractivity contribution in [1.82, 2.24) is 9.88 Å². The number of phenolic OH excluding ortho intramolecular Hbond substituents is 1. The van der Waals surface area contributed by atoms with Crippen LogP contribution in [0.5, 0.6) is 5.75 Å². The fourth-order valence-corrected chi connectivity index (χ4v) is 1.95. The number of nitrogen functional groups attached to an aromatic ring is 1. The van der Waals surface area contributed by atoms with Gasteiger partial charge in [0.15, 0.2) is 0 Å². The van der Waals surface area contributed by atoms with Crippen LogP contribution in [0.2, 0.25) is 0 Å². The third kappa shape index (κ3) is 4.17. The molecule has 0 aliphatic heterocycles. The van der Waals surface area contributed by atoms with E-state index in [1.807, 2.05) is 30.3 Å². The monoisotopic (exact) mass is 276 g/mol. The minimum absolute atomic E-state index is 0.218. The lowest BCUT2D eigenvalue weighted by molar-refractivity contribution is -0.671. The molecule has 6 heteroatoms. The standard InChI is InChI=1S/C14H21N5O/c1-18-8-9-19(11-18)7-6-16-4-5-17-14-10-12(20)2-3-13(14)15/h2-3,8-11,16-17H,4-7,15H2,1H3/p+1. The summed E-state index contributed by atoms with van der Waals surface area (Å²) in [7, 11) is 2.01. The molecular weight excluding hydrogens is 254 g/mol. The lowest BCUT2D eigenvalue weighted by atomic mass is 10.2. The van der Waals surface area contributed by atoms with Crippen LogP contribution in [0.3, 0.4) is 0 Å². The molecule has 0 saturated carbocycles. The second kappa shape index (κ2) is 6.81. The van der Waals surface area contributed by atoms with E-state index in [9.17, 15) is 5.11 Å². The van der Waals surface area contributed by atoms with Crippen LogP contribution in [-0.4, -0.2) is 29.3 Å². The molecule has 0 fully saturated rings. The van der Waals surface area contributed by atoms with Crippen LogP contribution in [0.25, 0.3) is 0 Å². The van der Waals surface area contributed by atoms with Crippen molar-refractivity contribution >= 4 is 11.4 Å². The third-order valence-electron chi connectivity index (χ3n) is 3.02. The molecule has 0 spiro atoms. The summed E-state index contributed by atoms with van der Waals surface area (Å²) in [5.41, 5.74) is 7.22. The van der Waals surface area contributed by atoms with Gasteiger partial charge in [0.1, 0.15) is 24.7 Å². The molecule has 2 aromatic rings. The molecule has 0 unspecified atom stereocenters. The van der Waals surface area contributed by atoms with Crippen molar-refractivity contribution in [3.63, 3.8) is 0 Å². The Morgan fingerprint density at radius 1 is 1.30 bits per heavy atom. The van der Waals surface area contributed by atoms with E-state index in [0.717, 1.165) is 31.9 Å². The number of hydrogen-bond donors (Lipinski definition) is 4. The molecule has 2 rings (SSSR count). The topological polar surface area (TPSA) is 79.1 Å². The van der Waals surface area contributed by atoms with E-state index in [1.54, 1.807) is 18.2 Å². The Balaban J connectivity index is 1.63. The van der Waals surface area contributed by atoms with Gasteiger partial charge in [-0.25, -0.2) is 9.13 Å². The van der Waals surface area contributed by atoms with Crippen LogP contribution in [-0.2, 0) is 13.6 Å². The molecular formula is C14H22N5O+. The quantitative estimate of drug-likeness (QED) is 0.254. The number of nitrogens with one attached hydrogen (secondary N) is 2. The number of hydrogen-bond acceptors (Lipinski definition) is 4. The van der Waals surface area contributed by atoms with Gasteiger partial charge in [0.2, 0.25) is 6.33 Å². The van der Waals surface area contributed by atoms with Crippen molar-refractivity contribution in [1.29, 1.82) is 0 Å². The maximum Gasteiger partial charge on any atom is 0.243 e.